The first kappa shape index (κ1) is 13.8. The van der Waals surface area contributed by atoms with Gasteiger partial charge in [-0.25, -0.2) is 0 Å². The molecule has 19 heavy (non-hydrogen) atoms. The monoisotopic (exact) mass is 281 g/mol. The Hall–Kier alpha value is -1.65. The van der Waals surface area contributed by atoms with Gasteiger partial charge in [-0.05, 0) is 48.9 Å². The summed E-state index contributed by atoms with van der Waals surface area (Å²) < 4.78 is 10.7. The highest BCUT2D eigenvalue weighted by atomic mass is 35.5. The van der Waals surface area contributed by atoms with Crippen LogP contribution in [0.15, 0.2) is 34.7 Å². The van der Waals surface area contributed by atoms with Crippen molar-refractivity contribution in [2.75, 3.05) is 11.9 Å². The lowest BCUT2D eigenvalue weighted by atomic mass is 10.2. The van der Waals surface area contributed by atoms with E-state index >= 15 is 0 Å². The number of halogens is 1. The summed E-state index contributed by atoms with van der Waals surface area (Å²) in [5.74, 6) is 1.46. The average Bonchev–Trinajstić information content (AvgIpc) is 2.83. The van der Waals surface area contributed by atoms with Crippen LogP contribution in [0.2, 0.25) is 5.22 Å². The highest BCUT2D eigenvalue weighted by Crippen LogP contribution is 2.23. The smallest absolute Gasteiger partial charge is 0.193 e. The zero-order chi connectivity index (χ0) is 13.7. The third-order valence-electron chi connectivity index (χ3n) is 2.63. The molecular weight excluding hydrogens is 266 g/mol. The van der Waals surface area contributed by atoms with Crippen molar-refractivity contribution in [1.29, 1.82) is 0 Å². The minimum atomic E-state index is -0.0581. The first-order valence-electron chi connectivity index (χ1n) is 6.07. The summed E-state index contributed by atoms with van der Waals surface area (Å²) in [4.78, 5) is 0. The molecule has 102 valence electrons. The second kappa shape index (κ2) is 6.50. The van der Waals surface area contributed by atoms with Gasteiger partial charge in [0.25, 0.3) is 0 Å². The number of hydrogen-bond donors (Lipinski definition) is 2. The standard InChI is InChI=1S/C14H16ClNO3/c1-2-18-13-5-3-11(7-10(13)9-17)16-8-12-4-6-14(15)19-12/h3-7,16-17H,2,8-9H2,1H3. The summed E-state index contributed by atoms with van der Waals surface area (Å²) in [7, 11) is 0. The van der Waals surface area contributed by atoms with Gasteiger partial charge >= 0.3 is 0 Å². The van der Waals surface area contributed by atoms with E-state index in [9.17, 15) is 5.11 Å². The Morgan fingerprint density at radius 2 is 2.16 bits per heavy atom. The van der Waals surface area contributed by atoms with Crippen LogP contribution in [0, 0.1) is 0 Å². The maximum absolute atomic E-state index is 9.31. The predicted octanol–water partition coefficient (Wildman–Crippen LogP) is 3.44. The molecule has 2 N–H and O–H groups in total. The molecule has 0 radical (unpaired) electrons. The van der Waals surface area contributed by atoms with Gasteiger partial charge in [0.05, 0.1) is 19.8 Å². The Balaban J connectivity index is 2.04. The molecule has 0 saturated heterocycles. The number of aliphatic hydroxyl groups excluding tert-OH is 1. The Labute approximate surface area is 117 Å². The van der Waals surface area contributed by atoms with E-state index in [-0.39, 0.29) is 6.61 Å². The molecule has 4 nitrogen and oxygen atoms in total. The summed E-state index contributed by atoms with van der Waals surface area (Å²) in [5.41, 5.74) is 1.64. The molecule has 5 heteroatoms. The van der Waals surface area contributed by atoms with Gasteiger partial charge in [0.1, 0.15) is 11.5 Å². The van der Waals surface area contributed by atoms with Crippen LogP contribution in [0.5, 0.6) is 5.75 Å². The molecule has 1 heterocycles. The normalized spacial score (nSPS) is 10.5. The molecule has 0 saturated carbocycles. The Kier molecular flexibility index (Phi) is 4.71. The summed E-state index contributed by atoms with van der Waals surface area (Å²) in [6.07, 6.45) is 0. The van der Waals surface area contributed by atoms with Gasteiger partial charge in [0, 0.05) is 11.3 Å². The summed E-state index contributed by atoms with van der Waals surface area (Å²) >= 11 is 5.70. The number of hydrogen-bond acceptors (Lipinski definition) is 4. The fourth-order valence-corrected chi connectivity index (χ4v) is 1.91. The maximum atomic E-state index is 9.31. The molecule has 1 aromatic carbocycles. The molecular formula is C14H16ClNO3. The fourth-order valence-electron chi connectivity index (χ4n) is 1.75. The molecule has 0 aliphatic heterocycles. The van der Waals surface area contributed by atoms with Crippen molar-refractivity contribution in [3.05, 3.63) is 46.9 Å². The van der Waals surface area contributed by atoms with Crippen LogP contribution in [-0.4, -0.2) is 11.7 Å². The van der Waals surface area contributed by atoms with E-state index in [1.165, 1.54) is 0 Å². The van der Waals surface area contributed by atoms with Crippen molar-refractivity contribution in [3.63, 3.8) is 0 Å². The number of anilines is 1. The number of aliphatic hydroxyl groups is 1. The second-order valence-electron chi connectivity index (χ2n) is 3.97. The SMILES string of the molecule is CCOc1ccc(NCc2ccc(Cl)o2)cc1CO. The van der Waals surface area contributed by atoms with Gasteiger partial charge in [0.2, 0.25) is 0 Å². The van der Waals surface area contributed by atoms with Crippen molar-refractivity contribution in [1.82, 2.24) is 0 Å². The lowest BCUT2D eigenvalue weighted by molar-refractivity contribution is 0.267. The highest BCUT2D eigenvalue weighted by Gasteiger charge is 2.05. The third-order valence-corrected chi connectivity index (χ3v) is 2.83. The highest BCUT2D eigenvalue weighted by molar-refractivity contribution is 6.28. The van der Waals surface area contributed by atoms with Gasteiger partial charge in [0.15, 0.2) is 5.22 Å². The zero-order valence-electron chi connectivity index (χ0n) is 10.6. The average molecular weight is 282 g/mol. The van der Waals surface area contributed by atoms with E-state index < -0.39 is 0 Å². The van der Waals surface area contributed by atoms with Gasteiger partial charge in [-0.3, -0.25) is 0 Å². The van der Waals surface area contributed by atoms with Crippen LogP contribution >= 0.6 is 11.6 Å². The lowest BCUT2D eigenvalue weighted by Gasteiger charge is -2.11. The second-order valence-corrected chi connectivity index (χ2v) is 4.35. The topological polar surface area (TPSA) is 54.6 Å². The molecule has 2 aromatic rings. The minimum Gasteiger partial charge on any atom is -0.494 e. The van der Waals surface area contributed by atoms with E-state index in [0.29, 0.717) is 24.1 Å². The van der Waals surface area contributed by atoms with Crippen LogP contribution in [0.3, 0.4) is 0 Å². The molecule has 1 aromatic heterocycles. The van der Waals surface area contributed by atoms with Crippen LogP contribution in [0.25, 0.3) is 0 Å². The summed E-state index contributed by atoms with van der Waals surface area (Å²) in [5, 5.41) is 12.9. The largest absolute Gasteiger partial charge is 0.494 e. The summed E-state index contributed by atoms with van der Waals surface area (Å²) in [6, 6.07) is 9.11. The first-order chi connectivity index (χ1) is 9.22. The minimum absolute atomic E-state index is 0.0581. The van der Waals surface area contributed by atoms with E-state index in [1.807, 2.05) is 31.2 Å². The molecule has 0 fully saturated rings. The number of benzene rings is 1. The van der Waals surface area contributed by atoms with Crippen molar-refractivity contribution >= 4 is 17.3 Å². The molecule has 0 aliphatic carbocycles. The zero-order valence-corrected chi connectivity index (χ0v) is 11.4. The lowest BCUT2D eigenvalue weighted by Crippen LogP contribution is -2.01. The van der Waals surface area contributed by atoms with Crippen LogP contribution < -0.4 is 10.1 Å². The Bertz CT molecular complexity index is 539. The Morgan fingerprint density at radius 1 is 1.32 bits per heavy atom. The molecule has 2 rings (SSSR count). The summed E-state index contributed by atoms with van der Waals surface area (Å²) in [6.45, 7) is 2.96. The van der Waals surface area contributed by atoms with Crippen molar-refractivity contribution in [3.8, 4) is 5.75 Å². The Morgan fingerprint density at radius 3 is 2.79 bits per heavy atom. The molecule has 0 aliphatic rings. The van der Waals surface area contributed by atoms with Gasteiger partial charge in [-0.1, -0.05) is 0 Å². The van der Waals surface area contributed by atoms with Gasteiger partial charge in [-0.15, -0.1) is 0 Å². The third kappa shape index (κ3) is 3.66. The molecule has 0 unspecified atom stereocenters. The number of nitrogens with one attached hydrogen (secondary N) is 1. The molecule has 0 spiro atoms. The van der Waals surface area contributed by atoms with Gasteiger partial charge < -0.3 is 19.6 Å². The first-order valence-corrected chi connectivity index (χ1v) is 6.45. The van der Waals surface area contributed by atoms with Crippen molar-refractivity contribution in [2.24, 2.45) is 0 Å². The van der Waals surface area contributed by atoms with Gasteiger partial charge in [-0.2, -0.15) is 0 Å². The van der Waals surface area contributed by atoms with Crippen LogP contribution in [0.1, 0.15) is 18.2 Å². The number of furan rings is 1. The van der Waals surface area contributed by atoms with Crippen molar-refractivity contribution < 1.29 is 14.3 Å². The molecule has 0 atom stereocenters. The van der Waals surface area contributed by atoms with Crippen LogP contribution in [-0.2, 0) is 13.2 Å². The number of rotatable bonds is 6. The number of ether oxygens (including phenoxy) is 1. The van der Waals surface area contributed by atoms with E-state index in [0.717, 1.165) is 17.0 Å². The predicted molar refractivity (Wildman–Crippen MR) is 74.6 cm³/mol. The van der Waals surface area contributed by atoms with E-state index in [4.69, 9.17) is 20.8 Å². The molecule has 0 amide bonds. The quantitative estimate of drug-likeness (QED) is 0.852. The maximum Gasteiger partial charge on any atom is 0.193 e. The van der Waals surface area contributed by atoms with Crippen LogP contribution in [0.4, 0.5) is 5.69 Å². The van der Waals surface area contributed by atoms with Crippen molar-refractivity contribution in [2.45, 2.75) is 20.1 Å². The fraction of sp³-hybridized carbons (Fsp3) is 0.286. The molecule has 0 bridgehead atoms. The van der Waals surface area contributed by atoms with E-state index in [2.05, 4.69) is 5.32 Å². The van der Waals surface area contributed by atoms with E-state index in [1.54, 1.807) is 6.07 Å².